The normalized spacial score (nSPS) is 49.9. The van der Waals surface area contributed by atoms with Crippen LogP contribution in [-0.2, 0) is 14.3 Å². The second kappa shape index (κ2) is 2.98. The van der Waals surface area contributed by atoms with E-state index in [1.165, 1.54) is 6.42 Å². The first kappa shape index (κ1) is 11.4. The van der Waals surface area contributed by atoms with Gasteiger partial charge in [-0.3, -0.25) is 4.18 Å². The van der Waals surface area contributed by atoms with Crippen LogP contribution in [0.4, 0.5) is 0 Å². The van der Waals surface area contributed by atoms with Gasteiger partial charge in [0.25, 0.3) is 10.1 Å². The Balaban J connectivity index is 2.35. The lowest BCUT2D eigenvalue weighted by atomic mass is 9.69. The Morgan fingerprint density at radius 3 is 2.33 bits per heavy atom. The molecule has 0 aromatic heterocycles. The summed E-state index contributed by atoms with van der Waals surface area (Å²) in [6.07, 6.45) is 4.58. The van der Waals surface area contributed by atoms with E-state index in [0.717, 1.165) is 19.1 Å². The summed E-state index contributed by atoms with van der Waals surface area (Å²) < 4.78 is 28.1. The van der Waals surface area contributed by atoms with Crippen molar-refractivity contribution in [3.63, 3.8) is 0 Å². The van der Waals surface area contributed by atoms with Crippen molar-refractivity contribution in [3.05, 3.63) is 0 Å². The molecule has 2 bridgehead atoms. The Hall–Kier alpha value is -0.0900. The third kappa shape index (κ3) is 1.53. The molecular weight excluding hydrogens is 212 g/mol. The lowest BCUT2D eigenvalue weighted by molar-refractivity contribution is -0.0539. The predicted molar refractivity (Wildman–Crippen MR) is 58.9 cm³/mol. The molecule has 0 heterocycles. The Bertz CT molecular complexity index is 375. The summed E-state index contributed by atoms with van der Waals surface area (Å²) in [5, 5.41) is 0. The van der Waals surface area contributed by atoms with E-state index in [9.17, 15) is 8.42 Å². The fourth-order valence-corrected chi connectivity index (χ4v) is 4.64. The van der Waals surface area contributed by atoms with Gasteiger partial charge in [-0.15, -0.1) is 0 Å². The van der Waals surface area contributed by atoms with Crippen LogP contribution >= 0.6 is 0 Å². The molecule has 0 amide bonds. The average Bonchev–Trinajstić information content (AvgIpc) is 2.49. The molecule has 0 aromatic carbocycles. The molecule has 15 heavy (non-hydrogen) atoms. The zero-order valence-electron chi connectivity index (χ0n) is 9.91. The van der Waals surface area contributed by atoms with E-state index in [0.29, 0.717) is 11.8 Å². The van der Waals surface area contributed by atoms with Crippen molar-refractivity contribution in [1.29, 1.82) is 0 Å². The second-order valence-corrected chi connectivity index (χ2v) is 7.32. The quantitative estimate of drug-likeness (QED) is 0.685. The molecule has 0 N–H and O–H groups in total. The van der Waals surface area contributed by atoms with Crippen LogP contribution in [0.15, 0.2) is 0 Å². The van der Waals surface area contributed by atoms with Crippen LogP contribution in [0.25, 0.3) is 0 Å². The number of rotatable bonds is 2. The van der Waals surface area contributed by atoms with Gasteiger partial charge in [0.05, 0.1) is 11.9 Å². The van der Waals surface area contributed by atoms with Crippen LogP contribution < -0.4 is 0 Å². The largest absolute Gasteiger partial charge is 0.264 e. The first-order valence-electron chi connectivity index (χ1n) is 5.59. The maximum absolute atomic E-state index is 11.3. The molecule has 4 heteroatoms. The van der Waals surface area contributed by atoms with Crippen LogP contribution in [0.3, 0.4) is 0 Å². The molecule has 0 aliphatic heterocycles. The summed E-state index contributed by atoms with van der Waals surface area (Å²) in [4.78, 5) is 0. The predicted octanol–water partition coefficient (Wildman–Crippen LogP) is 2.18. The molecule has 2 rings (SSSR count). The molecule has 0 saturated heterocycles. The van der Waals surface area contributed by atoms with Gasteiger partial charge < -0.3 is 0 Å². The molecule has 0 radical (unpaired) electrons. The third-order valence-electron chi connectivity index (χ3n) is 4.88. The van der Waals surface area contributed by atoms with Gasteiger partial charge >= 0.3 is 0 Å². The fraction of sp³-hybridized carbons (Fsp3) is 1.00. The van der Waals surface area contributed by atoms with Gasteiger partial charge in [0.2, 0.25) is 0 Å². The van der Waals surface area contributed by atoms with Crippen molar-refractivity contribution in [1.82, 2.24) is 0 Å². The van der Waals surface area contributed by atoms with Gasteiger partial charge in [0.15, 0.2) is 0 Å². The average molecular weight is 232 g/mol. The van der Waals surface area contributed by atoms with E-state index in [-0.39, 0.29) is 5.41 Å². The van der Waals surface area contributed by atoms with Gasteiger partial charge in [0, 0.05) is 0 Å². The van der Waals surface area contributed by atoms with E-state index in [1.54, 1.807) is 0 Å². The van der Waals surface area contributed by atoms with Gasteiger partial charge in [-0.1, -0.05) is 13.8 Å². The summed E-state index contributed by atoms with van der Waals surface area (Å²) in [7, 11) is -3.36. The number of hydrogen-bond donors (Lipinski definition) is 0. The topological polar surface area (TPSA) is 43.4 Å². The summed E-state index contributed by atoms with van der Waals surface area (Å²) in [6.45, 7) is 6.26. The lowest BCUT2D eigenvalue weighted by Crippen LogP contribution is -2.48. The van der Waals surface area contributed by atoms with Crippen LogP contribution in [0.1, 0.15) is 40.0 Å². The van der Waals surface area contributed by atoms with Gasteiger partial charge in [-0.2, -0.15) is 8.42 Å². The van der Waals surface area contributed by atoms with Crippen LogP contribution in [0.2, 0.25) is 0 Å². The minimum Gasteiger partial charge on any atom is -0.263 e. The minimum atomic E-state index is -3.36. The molecule has 4 atom stereocenters. The van der Waals surface area contributed by atoms with Crippen molar-refractivity contribution >= 4 is 10.1 Å². The van der Waals surface area contributed by atoms with Crippen LogP contribution in [0, 0.1) is 17.3 Å². The summed E-state index contributed by atoms with van der Waals surface area (Å²) in [5.41, 5.74) is -0.455. The Morgan fingerprint density at radius 2 is 1.93 bits per heavy atom. The number of fused-ring (bicyclic) bond motifs is 2. The van der Waals surface area contributed by atoms with Crippen molar-refractivity contribution in [2.24, 2.45) is 17.3 Å². The SMILES string of the molecule is CC1C2CCC(C)(C2)C1(C)OS(C)(=O)=O. The monoisotopic (exact) mass is 232 g/mol. The van der Waals surface area contributed by atoms with E-state index in [2.05, 4.69) is 13.8 Å². The molecule has 3 nitrogen and oxygen atoms in total. The van der Waals surface area contributed by atoms with E-state index in [1.807, 2.05) is 6.92 Å². The molecule has 0 spiro atoms. The third-order valence-corrected chi connectivity index (χ3v) is 5.53. The highest BCUT2D eigenvalue weighted by Gasteiger charge is 2.63. The zero-order valence-corrected chi connectivity index (χ0v) is 10.7. The molecule has 2 saturated carbocycles. The van der Waals surface area contributed by atoms with Crippen molar-refractivity contribution < 1.29 is 12.6 Å². The molecule has 0 aromatic rings. The zero-order chi connectivity index (χ0) is 11.5. The summed E-state index contributed by atoms with van der Waals surface area (Å²) >= 11 is 0. The van der Waals surface area contributed by atoms with Crippen LogP contribution in [0.5, 0.6) is 0 Å². The van der Waals surface area contributed by atoms with Crippen molar-refractivity contribution in [3.8, 4) is 0 Å². The lowest BCUT2D eigenvalue weighted by Gasteiger charge is -2.44. The number of hydrogen-bond acceptors (Lipinski definition) is 3. The summed E-state index contributed by atoms with van der Waals surface area (Å²) in [5.74, 6) is 0.979. The van der Waals surface area contributed by atoms with E-state index >= 15 is 0 Å². The van der Waals surface area contributed by atoms with E-state index in [4.69, 9.17) is 4.18 Å². The van der Waals surface area contributed by atoms with Crippen LogP contribution in [-0.4, -0.2) is 20.3 Å². The highest BCUT2D eigenvalue weighted by atomic mass is 32.2. The molecule has 4 unspecified atom stereocenters. The highest BCUT2D eigenvalue weighted by molar-refractivity contribution is 7.86. The first-order chi connectivity index (χ1) is 6.68. The van der Waals surface area contributed by atoms with Crippen molar-refractivity contribution in [2.45, 2.75) is 45.6 Å². The molecule has 88 valence electrons. The van der Waals surface area contributed by atoms with Crippen molar-refractivity contribution in [2.75, 3.05) is 6.26 Å². The molecule has 2 aliphatic rings. The fourth-order valence-electron chi connectivity index (χ4n) is 3.65. The summed E-state index contributed by atoms with van der Waals surface area (Å²) in [6, 6.07) is 0. The smallest absolute Gasteiger partial charge is 0.263 e. The highest BCUT2D eigenvalue weighted by Crippen LogP contribution is 2.63. The second-order valence-electron chi connectivity index (χ2n) is 5.75. The standard InChI is InChI=1S/C11H20O3S/c1-8-9-5-6-10(2,7-9)11(8,3)14-15(4,12)13/h8-9H,5-7H2,1-4H3. The Morgan fingerprint density at radius 1 is 1.33 bits per heavy atom. The maximum Gasteiger partial charge on any atom is 0.264 e. The van der Waals surface area contributed by atoms with Gasteiger partial charge in [0.1, 0.15) is 0 Å². The molecule has 2 aliphatic carbocycles. The molecular formula is C11H20O3S. The maximum atomic E-state index is 11.3. The molecule has 2 fully saturated rings. The van der Waals surface area contributed by atoms with Gasteiger partial charge in [-0.25, -0.2) is 0 Å². The minimum absolute atomic E-state index is 0.0418. The van der Waals surface area contributed by atoms with Gasteiger partial charge in [-0.05, 0) is 43.4 Å². The Kier molecular flexibility index (Phi) is 2.26. The first-order valence-corrected chi connectivity index (χ1v) is 7.40. The van der Waals surface area contributed by atoms with E-state index < -0.39 is 15.7 Å². The Labute approximate surface area is 92.3 Å².